The molecule has 1 aromatic heterocycles. The van der Waals surface area contributed by atoms with Crippen LogP contribution in [0.5, 0.6) is 0 Å². The number of thiophene rings is 1. The molecule has 1 fully saturated rings. The lowest BCUT2D eigenvalue weighted by Gasteiger charge is -2.36. The van der Waals surface area contributed by atoms with Gasteiger partial charge in [0.15, 0.2) is 0 Å². The van der Waals surface area contributed by atoms with Crippen molar-refractivity contribution in [1.82, 2.24) is 5.32 Å². The molecule has 2 rings (SSSR count). The fourth-order valence-electron chi connectivity index (χ4n) is 1.87. The summed E-state index contributed by atoms with van der Waals surface area (Å²) in [4.78, 5) is 1.42. The minimum absolute atomic E-state index is 0.484. The maximum atomic E-state index is 5.25. The van der Waals surface area contributed by atoms with E-state index < -0.39 is 0 Å². The second-order valence-corrected chi connectivity index (χ2v) is 4.91. The number of nitrogens with one attached hydrogen (secondary N) is 1. The maximum absolute atomic E-state index is 5.25. The molecule has 1 N–H and O–H groups in total. The van der Waals surface area contributed by atoms with Crippen molar-refractivity contribution < 1.29 is 4.74 Å². The van der Waals surface area contributed by atoms with Crippen LogP contribution >= 0.6 is 11.3 Å². The van der Waals surface area contributed by atoms with E-state index in [9.17, 15) is 0 Å². The minimum Gasteiger partial charge on any atom is -0.381 e. The van der Waals surface area contributed by atoms with Crippen molar-refractivity contribution in [1.29, 1.82) is 0 Å². The zero-order chi connectivity index (χ0) is 9.97. The molecule has 1 aliphatic rings. The average molecular weight is 211 g/mol. The highest BCUT2D eigenvalue weighted by molar-refractivity contribution is 7.10. The Bertz CT molecular complexity index is 267. The van der Waals surface area contributed by atoms with E-state index in [0.29, 0.717) is 18.2 Å². The molecule has 0 radical (unpaired) electrons. The van der Waals surface area contributed by atoms with Crippen LogP contribution < -0.4 is 5.32 Å². The van der Waals surface area contributed by atoms with Gasteiger partial charge >= 0.3 is 0 Å². The molecule has 14 heavy (non-hydrogen) atoms. The van der Waals surface area contributed by atoms with E-state index in [1.807, 2.05) is 11.3 Å². The molecular weight excluding hydrogens is 194 g/mol. The Morgan fingerprint density at radius 1 is 1.57 bits per heavy atom. The fraction of sp³-hybridized carbons (Fsp3) is 0.636. The molecule has 2 nitrogen and oxygen atoms in total. The lowest BCUT2D eigenvalue weighted by molar-refractivity contribution is 0.0148. The van der Waals surface area contributed by atoms with Crippen LogP contribution in [-0.4, -0.2) is 19.3 Å². The van der Waals surface area contributed by atoms with Crippen LogP contribution in [0.1, 0.15) is 30.7 Å². The van der Waals surface area contributed by atoms with Gasteiger partial charge in [0.25, 0.3) is 0 Å². The van der Waals surface area contributed by atoms with Crippen LogP contribution in [0.3, 0.4) is 0 Å². The van der Waals surface area contributed by atoms with Gasteiger partial charge in [0.1, 0.15) is 0 Å². The first-order valence-electron chi connectivity index (χ1n) is 5.12. The number of hydrogen-bond acceptors (Lipinski definition) is 3. The van der Waals surface area contributed by atoms with E-state index in [-0.39, 0.29) is 0 Å². The number of hydrogen-bond donors (Lipinski definition) is 1. The minimum atomic E-state index is 0.484. The highest BCUT2D eigenvalue weighted by atomic mass is 32.1. The topological polar surface area (TPSA) is 21.3 Å². The van der Waals surface area contributed by atoms with Gasteiger partial charge in [0.2, 0.25) is 0 Å². The van der Waals surface area contributed by atoms with Gasteiger partial charge in [-0.3, -0.25) is 0 Å². The van der Waals surface area contributed by atoms with Gasteiger partial charge in [-0.1, -0.05) is 6.07 Å². The van der Waals surface area contributed by atoms with E-state index in [0.717, 1.165) is 12.8 Å². The first-order valence-corrected chi connectivity index (χ1v) is 6.00. The molecule has 0 bridgehead atoms. The van der Waals surface area contributed by atoms with Crippen molar-refractivity contribution >= 4 is 11.3 Å². The van der Waals surface area contributed by atoms with E-state index in [4.69, 9.17) is 4.74 Å². The van der Waals surface area contributed by atoms with Crippen molar-refractivity contribution in [3.05, 3.63) is 22.4 Å². The van der Waals surface area contributed by atoms with Crippen LogP contribution in [-0.2, 0) is 4.74 Å². The Hall–Kier alpha value is -0.380. The highest BCUT2D eigenvalue weighted by Gasteiger charge is 2.29. The zero-order valence-corrected chi connectivity index (χ0v) is 9.51. The summed E-state index contributed by atoms with van der Waals surface area (Å²) in [6, 6.07) is 5.43. The predicted molar refractivity (Wildman–Crippen MR) is 59.7 cm³/mol. The molecule has 0 spiro atoms. The van der Waals surface area contributed by atoms with Crippen molar-refractivity contribution in [3.8, 4) is 0 Å². The molecule has 0 amide bonds. The molecule has 1 heterocycles. The molecule has 0 aromatic carbocycles. The quantitative estimate of drug-likeness (QED) is 0.826. The van der Waals surface area contributed by atoms with E-state index >= 15 is 0 Å². The largest absolute Gasteiger partial charge is 0.381 e. The predicted octanol–water partition coefficient (Wildman–Crippen LogP) is 2.58. The molecule has 1 unspecified atom stereocenters. The lowest BCUT2D eigenvalue weighted by atomic mass is 9.88. The maximum Gasteiger partial charge on any atom is 0.0601 e. The number of methoxy groups -OCH3 is 1. The molecule has 78 valence electrons. The molecule has 1 saturated carbocycles. The third-order valence-electron chi connectivity index (χ3n) is 2.88. The molecule has 0 saturated heterocycles. The summed E-state index contributed by atoms with van der Waals surface area (Å²) in [5, 5.41) is 5.74. The molecule has 1 atom stereocenters. The van der Waals surface area contributed by atoms with Gasteiger partial charge in [0.05, 0.1) is 6.10 Å². The Labute approximate surface area is 89.3 Å². The normalized spacial score (nSPS) is 28.4. The number of rotatable bonds is 4. The van der Waals surface area contributed by atoms with Gasteiger partial charge in [-0.2, -0.15) is 0 Å². The van der Waals surface area contributed by atoms with Crippen molar-refractivity contribution in [2.24, 2.45) is 0 Å². The number of ether oxygens (including phenoxy) is 1. The first kappa shape index (κ1) is 10.1. The second kappa shape index (κ2) is 4.43. The van der Waals surface area contributed by atoms with Gasteiger partial charge in [0, 0.05) is 24.1 Å². The summed E-state index contributed by atoms with van der Waals surface area (Å²) in [6.07, 6.45) is 2.81. The average Bonchev–Trinajstić information content (AvgIpc) is 2.62. The van der Waals surface area contributed by atoms with Gasteiger partial charge in [-0.25, -0.2) is 0 Å². The summed E-state index contributed by atoms with van der Waals surface area (Å²) < 4.78 is 5.25. The van der Waals surface area contributed by atoms with Crippen LogP contribution in [0.2, 0.25) is 0 Å². The van der Waals surface area contributed by atoms with E-state index in [1.54, 1.807) is 7.11 Å². The fourth-order valence-corrected chi connectivity index (χ4v) is 2.61. The Morgan fingerprint density at radius 3 is 2.93 bits per heavy atom. The standard InChI is InChI=1S/C11H17NOS/c1-8(11-4-3-5-14-11)12-9-6-10(7-9)13-2/h3-5,8-10,12H,6-7H2,1-2H3. The zero-order valence-electron chi connectivity index (χ0n) is 8.69. The monoisotopic (exact) mass is 211 g/mol. The molecule has 0 aliphatic heterocycles. The van der Waals surface area contributed by atoms with Crippen LogP contribution in [0.25, 0.3) is 0 Å². The molecule has 1 aromatic rings. The molecule has 3 heteroatoms. The third-order valence-corrected chi connectivity index (χ3v) is 3.94. The summed E-state index contributed by atoms with van der Waals surface area (Å²) in [5.41, 5.74) is 0. The second-order valence-electron chi connectivity index (χ2n) is 3.93. The third kappa shape index (κ3) is 2.16. The van der Waals surface area contributed by atoms with E-state index in [1.165, 1.54) is 4.88 Å². The smallest absolute Gasteiger partial charge is 0.0601 e. The Balaban J connectivity index is 1.77. The highest BCUT2D eigenvalue weighted by Crippen LogP contribution is 2.26. The Kier molecular flexibility index (Phi) is 3.21. The van der Waals surface area contributed by atoms with E-state index in [2.05, 4.69) is 29.8 Å². The van der Waals surface area contributed by atoms with Crippen LogP contribution in [0.15, 0.2) is 17.5 Å². The van der Waals surface area contributed by atoms with Gasteiger partial charge < -0.3 is 10.1 Å². The van der Waals surface area contributed by atoms with Crippen molar-refractivity contribution in [3.63, 3.8) is 0 Å². The van der Waals surface area contributed by atoms with Crippen LogP contribution in [0.4, 0.5) is 0 Å². The SMILES string of the molecule is COC1CC(NC(C)c2cccs2)C1. The molecule has 1 aliphatic carbocycles. The summed E-state index contributed by atoms with van der Waals surface area (Å²) in [7, 11) is 1.80. The summed E-state index contributed by atoms with van der Waals surface area (Å²) in [6.45, 7) is 2.23. The first-order chi connectivity index (χ1) is 6.79. The summed E-state index contributed by atoms with van der Waals surface area (Å²) in [5.74, 6) is 0. The Morgan fingerprint density at radius 2 is 2.36 bits per heavy atom. The lowest BCUT2D eigenvalue weighted by Crippen LogP contribution is -2.45. The summed E-state index contributed by atoms with van der Waals surface area (Å²) >= 11 is 1.82. The van der Waals surface area contributed by atoms with Crippen molar-refractivity contribution in [2.45, 2.75) is 38.0 Å². The van der Waals surface area contributed by atoms with Crippen molar-refractivity contribution in [2.75, 3.05) is 7.11 Å². The van der Waals surface area contributed by atoms with Gasteiger partial charge in [-0.05, 0) is 31.2 Å². The van der Waals surface area contributed by atoms with Gasteiger partial charge in [-0.15, -0.1) is 11.3 Å². The van der Waals surface area contributed by atoms with Crippen LogP contribution in [0, 0.1) is 0 Å². The molecular formula is C11H17NOS.